The predicted octanol–water partition coefficient (Wildman–Crippen LogP) is 2.25. The first-order chi connectivity index (χ1) is 8.35. The lowest BCUT2D eigenvalue weighted by atomic mass is 10.1. The molecule has 1 aromatic heterocycles. The van der Waals surface area contributed by atoms with Gasteiger partial charge >= 0.3 is 0 Å². The Labute approximate surface area is 105 Å². The molecule has 1 aromatic carbocycles. The van der Waals surface area contributed by atoms with Gasteiger partial charge in [-0.05, 0) is 43.2 Å². The van der Waals surface area contributed by atoms with Gasteiger partial charge in [0.25, 0.3) is 0 Å². The maximum absolute atomic E-state index is 5.42. The highest BCUT2D eigenvalue weighted by molar-refractivity contribution is 7.05. The summed E-state index contributed by atoms with van der Waals surface area (Å²) in [4.78, 5) is 1.11. The Morgan fingerprint density at radius 2 is 2.12 bits per heavy atom. The highest BCUT2D eigenvalue weighted by Gasteiger charge is 2.13. The van der Waals surface area contributed by atoms with Crippen molar-refractivity contribution in [2.45, 2.75) is 13.0 Å². The molecule has 0 spiro atoms. The van der Waals surface area contributed by atoms with Gasteiger partial charge < -0.3 is 10.1 Å². The number of aromatic nitrogens is 2. The Balaban J connectivity index is 2.20. The Morgan fingerprint density at radius 1 is 1.35 bits per heavy atom. The molecule has 0 radical (unpaired) electrons. The van der Waals surface area contributed by atoms with E-state index in [0.29, 0.717) is 6.61 Å². The van der Waals surface area contributed by atoms with Crippen molar-refractivity contribution in [2.24, 2.45) is 0 Å². The zero-order valence-corrected chi connectivity index (χ0v) is 10.7. The SMILES string of the molecule is CCOc1ccc(C(NC)c2cnns2)cc1. The fourth-order valence-electron chi connectivity index (χ4n) is 1.70. The van der Waals surface area contributed by atoms with Crippen molar-refractivity contribution in [1.82, 2.24) is 14.9 Å². The van der Waals surface area contributed by atoms with Crippen LogP contribution in [0.5, 0.6) is 5.75 Å². The van der Waals surface area contributed by atoms with Gasteiger partial charge in [-0.3, -0.25) is 0 Å². The molecule has 0 aliphatic rings. The number of benzene rings is 1. The predicted molar refractivity (Wildman–Crippen MR) is 68.4 cm³/mol. The Bertz CT molecular complexity index is 441. The van der Waals surface area contributed by atoms with Crippen LogP contribution in [0.4, 0.5) is 0 Å². The van der Waals surface area contributed by atoms with E-state index in [1.54, 1.807) is 6.20 Å². The summed E-state index contributed by atoms with van der Waals surface area (Å²) >= 11 is 1.41. The summed E-state index contributed by atoms with van der Waals surface area (Å²) in [6.07, 6.45) is 1.79. The van der Waals surface area contributed by atoms with Crippen LogP contribution in [0.1, 0.15) is 23.4 Å². The maximum Gasteiger partial charge on any atom is 0.119 e. The summed E-state index contributed by atoms with van der Waals surface area (Å²) in [7, 11) is 1.93. The lowest BCUT2D eigenvalue weighted by Crippen LogP contribution is -2.16. The van der Waals surface area contributed by atoms with Crippen LogP contribution in [-0.2, 0) is 0 Å². The van der Waals surface area contributed by atoms with Crippen LogP contribution < -0.4 is 10.1 Å². The second-order valence-corrected chi connectivity index (χ2v) is 4.36. The molecule has 4 nitrogen and oxygen atoms in total. The molecule has 2 rings (SSSR count). The molecule has 1 unspecified atom stereocenters. The number of hydrogen-bond acceptors (Lipinski definition) is 5. The molecule has 0 aliphatic carbocycles. The van der Waals surface area contributed by atoms with Crippen molar-refractivity contribution in [3.8, 4) is 5.75 Å². The molecule has 0 saturated carbocycles. The summed E-state index contributed by atoms with van der Waals surface area (Å²) in [5, 5.41) is 7.13. The van der Waals surface area contributed by atoms with Gasteiger partial charge in [-0.25, -0.2) is 0 Å². The molecule has 1 atom stereocenters. The molecule has 1 N–H and O–H groups in total. The quantitative estimate of drug-likeness (QED) is 0.883. The van der Waals surface area contributed by atoms with Crippen LogP contribution in [0.3, 0.4) is 0 Å². The van der Waals surface area contributed by atoms with Crippen molar-refractivity contribution in [1.29, 1.82) is 0 Å². The van der Waals surface area contributed by atoms with Gasteiger partial charge in [0.1, 0.15) is 5.75 Å². The average molecular weight is 249 g/mol. The van der Waals surface area contributed by atoms with Crippen LogP contribution in [0.2, 0.25) is 0 Å². The van der Waals surface area contributed by atoms with Crippen molar-refractivity contribution < 1.29 is 4.74 Å². The van der Waals surface area contributed by atoms with Gasteiger partial charge in [-0.1, -0.05) is 16.6 Å². The molecular weight excluding hydrogens is 234 g/mol. The number of nitrogens with one attached hydrogen (secondary N) is 1. The van der Waals surface area contributed by atoms with Gasteiger partial charge in [0.05, 0.1) is 23.7 Å². The molecule has 0 bridgehead atoms. The normalized spacial score (nSPS) is 12.4. The monoisotopic (exact) mass is 249 g/mol. The van der Waals surface area contributed by atoms with E-state index in [-0.39, 0.29) is 6.04 Å². The van der Waals surface area contributed by atoms with Crippen LogP contribution in [-0.4, -0.2) is 23.2 Å². The number of ether oxygens (including phenoxy) is 1. The van der Waals surface area contributed by atoms with Crippen molar-refractivity contribution >= 4 is 11.5 Å². The fourth-order valence-corrected chi connectivity index (χ4v) is 2.34. The van der Waals surface area contributed by atoms with Gasteiger partial charge in [-0.2, -0.15) is 0 Å². The Hall–Kier alpha value is -1.46. The minimum absolute atomic E-state index is 0.144. The lowest BCUT2D eigenvalue weighted by molar-refractivity contribution is 0.340. The van der Waals surface area contributed by atoms with Gasteiger partial charge in [0.15, 0.2) is 0 Å². The summed E-state index contributed by atoms with van der Waals surface area (Å²) in [5.41, 5.74) is 1.18. The van der Waals surface area contributed by atoms with Gasteiger partial charge in [0, 0.05) is 0 Å². The molecule has 0 fully saturated rings. The molecule has 90 valence electrons. The number of hydrogen-bond donors (Lipinski definition) is 1. The highest BCUT2D eigenvalue weighted by Crippen LogP contribution is 2.25. The van der Waals surface area contributed by atoms with E-state index in [1.165, 1.54) is 17.1 Å². The summed E-state index contributed by atoms with van der Waals surface area (Å²) < 4.78 is 9.31. The third-order valence-corrected chi connectivity index (χ3v) is 3.20. The molecule has 0 amide bonds. The highest BCUT2D eigenvalue weighted by atomic mass is 32.1. The largest absolute Gasteiger partial charge is 0.494 e. The zero-order valence-electron chi connectivity index (χ0n) is 9.88. The van der Waals surface area contributed by atoms with Crippen LogP contribution in [0.15, 0.2) is 30.5 Å². The first-order valence-electron chi connectivity index (χ1n) is 5.52. The molecule has 17 heavy (non-hydrogen) atoms. The molecule has 2 aromatic rings. The summed E-state index contributed by atoms with van der Waals surface area (Å²) in [5.74, 6) is 0.897. The third-order valence-electron chi connectivity index (χ3n) is 2.48. The van der Waals surface area contributed by atoms with Crippen molar-refractivity contribution in [3.63, 3.8) is 0 Å². The fraction of sp³-hybridized carbons (Fsp3) is 0.333. The van der Waals surface area contributed by atoms with E-state index in [9.17, 15) is 0 Å². The third kappa shape index (κ3) is 2.81. The maximum atomic E-state index is 5.42. The Kier molecular flexibility index (Phi) is 4.06. The molecule has 0 saturated heterocycles. The van der Waals surface area contributed by atoms with Gasteiger partial charge in [0.2, 0.25) is 0 Å². The minimum atomic E-state index is 0.144. The molecule has 5 heteroatoms. The average Bonchev–Trinajstić information content (AvgIpc) is 2.86. The summed E-state index contributed by atoms with van der Waals surface area (Å²) in [6, 6.07) is 8.23. The van der Waals surface area contributed by atoms with E-state index in [0.717, 1.165) is 10.6 Å². The first kappa shape index (κ1) is 12.0. The van der Waals surface area contributed by atoms with Gasteiger partial charge in [-0.15, -0.1) is 5.10 Å². The number of rotatable bonds is 5. The zero-order chi connectivity index (χ0) is 12.1. The van der Waals surface area contributed by atoms with E-state index in [4.69, 9.17) is 4.74 Å². The van der Waals surface area contributed by atoms with Crippen LogP contribution in [0, 0.1) is 0 Å². The second kappa shape index (κ2) is 5.75. The second-order valence-electron chi connectivity index (χ2n) is 3.54. The van der Waals surface area contributed by atoms with Crippen molar-refractivity contribution in [2.75, 3.05) is 13.7 Å². The smallest absolute Gasteiger partial charge is 0.119 e. The molecule has 1 heterocycles. The van der Waals surface area contributed by atoms with E-state index >= 15 is 0 Å². The molecular formula is C12H15N3OS. The van der Waals surface area contributed by atoms with Crippen LogP contribution in [0.25, 0.3) is 0 Å². The molecule has 0 aliphatic heterocycles. The van der Waals surface area contributed by atoms with Crippen molar-refractivity contribution in [3.05, 3.63) is 40.9 Å². The van der Waals surface area contributed by atoms with Crippen LogP contribution >= 0.6 is 11.5 Å². The summed E-state index contributed by atoms with van der Waals surface area (Å²) in [6.45, 7) is 2.67. The number of nitrogens with zero attached hydrogens (tertiary/aromatic N) is 2. The van der Waals surface area contributed by atoms with E-state index in [1.807, 2.05) is 26.1 Å². The lowest BCUT2D eigenvalue weighted by Gasteiger charge is -2.14. The Morgan fingerprint density at radius 3 is 2.65 bits per heavy atom. The first-order valence-corrected chi connectivity index (χ1v) is 6.29. The topological polar surface area (TPSA) is 47.0 Å². The van der Waals surface area contributed by atoms with E-state index < -0.39 is 0 Å². The standard InChI is InChI=1S/C12H15N3OS/c1-3-16-10-6-4-9(5-7-10)12(13-2)11-8-14-15-17-11/h4-8,12-13H,3H2,1-2H3. The minimum Gasteiger partial charge on any atom is -0.494 e. The van der Waals surface area contributed by atoms with E-state index in [2.05, 4.69) is 27.0 Å².